The number of hydrogen-bond donors (Lipinski definition) is 1. The maximum Gasteiger partial charge on any atom is 0.332 e. The Morgan fingerprint density at radius 2 is 1.96 bits per heavy atom. The average molecular weight is 416 g/mol. The molecule has 7 nitrogen and oxygen atoms in total. The lowest BCUT2D eigenvalue weighted by Crippen LogP contribution is -2.47. The molecule has 3 heterocycles. The molecule has 1 aromatic carbocycles. The second-order valence-corrected chi connectivity index (χ2v) is 7.58. The van der Waals surface area contributed by atoms with E-state index in [9.17, 15) is 9.59 Å². The molecule has 2 aliphatic rings. The van der Waals surface area contributed by atoms with E-state index in [1.165, 1.54) is 6.07 Å². The Morgan fingerprint density at radius 3 is 2.64 bits per heavy atom. The summed E-state index contributed by atoms with van der Waals surface area (Å²) in [7, 11) is 0. The van der Waals surface area contributed by atoms with Gasteiger partial charge in [-0.3, -0.25) is 4.79 Å². The SMILES string of the molecule is [C-]#[N+]c1ccc(CC23CCCN2C(=O)N(c2cc(Cl)nc(Cl)c2N)C3=O)cc1. The van der Waals surface area contributed by atoms with Crippen LogP contribution in [0.15, 0.2) is 30.3 Å². The molecule has 3 amide bonds. The van der Waals surface area contributed by atoms with Gasteiger partial charge in [0.15, 0.2) is 10.8 Å². The minimum Gasteiger partial charge on any atom is -0.395 e. The Hall–Kier alpha value is -2.82. The van der Waals surface area contributed by atoms with Gasteiger partial charge in [0.05, 0.1) is 17.9 Å². The van der Waals surface area contributed by atoms with Crippen LogP contribution in [0, 0.1) is 6.57 Å². The van der Waals surface area contributed by atoms with Gasteiger partial charge in [0, 0.05) is 19.0 Å². The number of benzene rings is 1. The largest absolute Gasteiger partial charge is 0.395 e. The molecule has 28 heavy (non-hydrogen) atoms. The third-order valence-electron chi connectivity index (χ3n) is 5.27. The normalized spacial score (nSPS) is 21.2. The predicted molar refractivity (Wildman–Crippen MR) is 107 cm³/mol. The van der Waals surface area contributed by atoms with Crippen molar-refractivity contribution in [3.8, 4) is 0 Å². The Balaban J connectivity index is 1.75. The van der Waals surface area contributed by atoms with Crippen molar-refractivity contribution in [1.82, 2.24) is 9.88 Å². The van der Waals surface area contributed by atoms with Gasteiger partial charge < -0.3 is 10.6 Å². The Labute approximate surface area is 171 Å². The summed E-state index contributed by atoms with van der Waals surface area (Å²) in [4.78, 5) is 36.5. The molecule has 1 atom stereocenters. The van der Waals surface area contributed by atoms with Crippen LogP contribution in [-0.2, 0) is 11.2 Å². The number of nitrogens with two attached hydrogens (primary N) is 1. The number of carbonyl (C=O) groups is 2. The topological polar surface area (TPSA) is 83.9 Å². The first-order valence-electron chi connectivity index (χ1n) is 8.61. The number of nitrogens with zero attached hydrogens (tertiary/aromatic N) is 4. The number of urea groups is 1. The lowest BCUT2D eigenvalue weighted by atomic mass is 9.88. The Kier molecular flexibility index (Phi) is 4.41. The van der Waals surface area contributed by atoms with Crippen LogP contribution >= 0.6 is 23.2 Å². The number of fused-ring (bicyclic) bond motifs is 1. The van der Waals surface area contributed by atoms with Gasteiger partial charge in [-0.15, -0.1) is 0 Å². The zero-order chi connectivity index (χ0) is 20.1. The van der Waals surface area contributed by atoms with E-state index in [4.69, 9.17) is 35.5 Å². The van der Waals surface area contributed by atoms with E-state index in [0.29, 0.717) is 25.1 Å². The zero-order valence-electron chi connectivity index (χ0n) is 14.7. The van der Waals surface area contributed by atoms with E-state index in [-0.39, 0.29) is 27.6 Å². The number of pyridine rings is 1. The molecule has 2 saturated heterocycles. The molecule has 0 saturated carbocycles. The van der Waals surface area contributed by atoms with Crippen molar-refractivity contribution in [2.24, 2.45) is 0 Å². The fraction of sp³-hybridized carbons (Fsp3) is 0.263. The van der Waals surface area contributed by atoms with Crippen molar-refractivity contribution < 1.29 is 9.59 Å². The molecule has 2 fully saturated rings. The third kappa shape index (κ3) is 2.68. The van der Waals surface area contributed by atoms with Gasteiger partial charge in [-0.25, -0.2) is 19.5 Å². The molecule has 2 aromatic rings. The van der Waals surface area contributed by atoms with Crippen molar-refractivity contribution in [1.29, 1.82) is 0 Å². The van der Waals surface area contributed by atoms with E-state index in [0.717, 1.165) is 16.9 Å². The van der Waals surface area contributed by atoms with E-state index < -0.39 is 11.6 Å². The molecular formula is C19H15Cl2N5O2. The summed E-state index contributed by atoms with van der Waals surface area (Å²) in [5.74, 6) is -0.353. The molecule has 4 rings (SSSR count). The smallest absolute Gasteiger partial charge is 0.332 e. The summed E-state index contributed by atoms with van der Waals surface area (Å²) in [5, 5.41) is -0.00964. The van der Waals surface area contributed by atoms with E-state index >= 15 is 0 Å². The van der Waals surface area contributed by atoms with Gasteiger partial charge in [0.2, 0.25) is 0 Å². The van der Waals surface area contributed by atoms with Crippen LogP contribution in [0.1, 0.15) is 18.4 Å². The maximum absolute atomic E-state index is 13.5. The minimum atomic E-state index is -0.981. The molecule has 0 aliphatic carbocycles. The number of rotatable bonds is 3. The predicted octanol–water partition coefficient (Wildman–Crippen LogP) is 4.07. The first-order chi connectivity index (χ1) is 13.4. The summed E-state index contributed by atoms with van der Waals surface area (Å²) in [6.45, 7) is 7.54. The highest BCUT2D eigenvalue weighted by Gasteiger charge is 2.60. The highest BCUT2D eigenvalue weighted by molar-refractivity contribution is 6.36. The van der Waals surface area contributed by atoms with Crippen LogP contribution in [0.2, 0.25) is 10.3 Å². The van der Waals surface area contributed by atoms with Crippen molar-refractivity contribution in [2.45, 2.75) is 24.8 Å². The van der Waals surface area contributed by atoms with Gasteiger partial charge in [0.25, 0.3) is 5.91 Å². The molecule has 0 bridgehead atoms. The zero-order valence-corrected chi connectivity index (χ0v) is 16.2. The number of nitrogen functional groups attached to an aromatic ring is 1. The Bertz CT molecular complexity index is 1030. The molecule has 1 unspecified atom stereocenters. The van der Waals surface area contributed by atoms with Gasteiger partial charge >= 0.3 is 6.03 Å². The standard InChI is InChI=1S/C19H15Cl2N5O2/c1-23-12-5-3-11(4-6-12)10-19-7-2-8-25(19)18(28)26(17(19)27)13-9-14(20)24-16(21)15(13)22/h3-6,9H,2,7-8,10,22H2. The third-order valence-corrected chi connectivity index (χ3v) is 5.76. The fourth-order valence-electron chi connectivity index (χ4n) is 3.96. The summed E-state index contributed by atoms with van der Waals surface area (Å²) in [6.07, 6.45) is 1.64. The monoisotopic (exact) mass is 415 g/mol. The van der Waals surface area contributed by atoms with Crippen molar-refractivity contribution >= 4 is 52.2 Å². The first kappa shape index (κ1) is 18.5. The lowest BCUT2D eigenvalue weighted by molar-refractivity contribution is -0.123. The number of anilines is 2. The van der Waals surface area contributed by atoms with Crippen molar-refractivity contribution in [3.63, 3.8) is 0 Å². The van der Waals surface area contributed by atoms with Crippen LogP contribution in [0.25, 0.3) is 4.85 Å². The summed E-state index contributed by atoms with van der Waals surface area (Å²) in [6, 6.07) is 7.97. The average Bonchev–Trinajstić information content (AvgIpc) is 3.17. The first-order valence-corrected chi connectivity index (χ1v) is 9.37. The van der Waals surface area contributed by atoms with Crippen LogP contribution in [0.5, 0.6) is 0 Å². The number of aromatic nitrogens is 1. The molecule has 9 heteroatoms. The second kappa shape index (κ2) is 6.66. The molecule has 1 aromatic heterocycles. The van der Waals surface area contributed by atoms with Crippen molar-refractivity contribution in [3.05, 3.63) is 57.6 Å². The van der Waals surface area contributed by atoms with Crippen molar-refractivity contribution in [2.75, 3.05) is 17.2 Å². The minimum absolute atomic E-state index is 0.0329. The van der Waals surface area contributed by atoms with Gasteiger partial charge in [-0.2, -0.15) is 0 Å². The fourth-order valence-corrected chi connectivity index (χ4v) is 4.38. The number of amides is 3. The van der Waals surface area contributed by atoms with E-state index in [1.807, 2.05) is 12.1 Å². The van der Waals surface area contributed by atoms with Crippen LogP contribution in [-0.4, -0.2) is 33.9 Å². The summed E-state index contributed by atoms with van der Waals surface area (Å²) in [5.41, 5.74) is 6.59. The molecular weight excluding hydrogens is 401 g/mol. The van der Waals surface area contributed by atoms with Gasteiger partial charge in [-0.05, 0) is 18.4 Å². The highest BCUT2D eigenvalue weighted by Crippen LogP contribution is 2.44. The number of hydrogen-bond acceptors (Lipinski definition) is 4. The quantitative estimate of drug-likeness (QED) is 0.465. The lowest BCUT2D eigenvalue weighted by Gasteiger charge is -2.28. The van der Waals surface area contributed by atoms with Gasteiger partial charge in [0.1, 0.15) is 10.7 Å². The maximum atomic E-state index is 13.5. The molecule has 142 valence electrons. The summed E-state index contributed by atoms with van der Waals surface area (Å²) >= 11 is 12.0. The molecule has 2 aliphatic heterocycles. The van der Waals surface area contributed by atoms with Gasteiger partial charge in [-0.1, -0.05) is 47.5 Å². The number of imide groups is 1. The number of carbonyl (C=O) groups excluding carboxylic acids is 2. The molecule has 0 spiro atoms. The van der Waals surface area contributed by atoms with Crippen LogP contribution < -0.4 is 10.6 Å². The van der Waals surface area contributed by atoms with Crippen LogP contribution in [0.3, 0.4) is 0 Å². The summed E-state index contributed by atoms with van der Waals surface area (Å²) < 4.78 is 0. The van der Waals surface area contributed by atoms with E-state index in [2.05, 4.69) is 9.83 Å². The molecule has 2 N–H and O–H groups in total. The second-order valence-electron chi connectivity index (χ2n) is 6.83. The number of halogens is 2. The van der Waals surface area contributed by atoms with E-state index in [1.54, 1.807) is 17.0 Å². The molecule has 0 radical (unpaired) electrons. The Morgan fingerprint density at radius 1 is 1.25 bits per heavy atom. The highest BCUT2D eigenvalue weighted by atomic mass is 35.5. The van der Waals surface area contributed by atoms with Crippen LogP contribution in [0.4, 0.5) is 21.9 Å².